The number of carbonyl (C=O) groups is 1. The van der Waals surface area contributed by atoms with E-state index >= 15 is 0 Å². The first-order valence-corrected chi connectivity index (χ1v) is 12.6. The van der Waals surface area contributed by atoms with Crippen LogP contribution in [0.2, 0.25) is 0 Å². The average Bonchev–Trinajstić information content (AvgIpc) is 3.27. The third-order valence-corrected chi connectivity index (χ3v) is 6.74. The zero-order valence-electron chi connectivity index (χ0n) is 22.1. The molecule has 1 aromatic carbocycles. The van der Waals surface area contributed by atoms with Gasteiger partial charge in [0.1, 0.15) is 12.4 Å². The minimum Gasteiger partial charge on any atom is -0.368 e. The Morgan fingerprint density at radius 3 is 2.23 bits per heavy atom. The van der Waals surface area contributed by atoms with Crippen LogP contribution >= 0.6 is 0 Å². The van der Waals surface area contributed by atoms with Crippen LogP contribution in [0.3, 0.4) is 0 Å². The number of amides is 1. The third kappa shape index (κ3) is 6.30. The molecular weight excluding hydrogens is 439 g/mol. The summed E-state index contributed by atoms with van der Waals surface area (Å²) in [6.07, 6.45) is 10.1. The van der Waals surface area contributed by atoms with E-state index < -0.39 is 0 Å². The Balaban J connectivity index is 1.70. The zero-order valence-corrected chi connectivity index (χ0v) is 22.1. The first-order valence-electron chi connectivity index (χ1n) is 12.6. The third-order valence-electron chi connectivity index (χ3n) is 6.74. The molecule has 1 saturated heterocycles. The van der Waals surface area contributed by atoms with Gasteiger partial charge in [-0.2, -0.15) is 5.10 Å². The number of hydrogen-bond donors (Lipinski definition) is 0. The van der Waals surface area contributed by atoms with Gasteiger partial charge in [0, 0.05) is 43.1 Å². The lowest BCUT2D eigenvalue weighted by Gasteiger charge is -2.37. The maximum absolute atomic E-state index is 14.1. The fourth-order valence-electron chi connectivity index (χ4n) is 4.49. The van der Waals surface area contributed by atoms with Gasteiger partial charge in [-0.05, 0) is 75.9 Å². The summed E-state index contributed by atoms with van der Waals surface area (Å²) in [6, 6.07) is 5.66. The molecule has 188 valence electrons. The lowest BCUT2D eigenvalue weighted by atomic mass is 10.0. The molecule has 0 bridgehead atoms. The largest absolute Gasteiger partial charge is 0.368 e. The van der Waals surface area contributed by atoms with E-state index in [-0.39, 0.29) is 18.3 Å². The van der Waals surface area contributed by atoms with E-state index in [1.54, 1.807) is 13.8 Å². The smallest absolute Gasteiger partial charge is 0.244 e. The summed E-state index contributed by atoms with van der Waals surface area (Å²) in [5.41, 5.74) is 6.49. The van der Waals surface area contributed by atoms with Crippen molar-refractivity contribution in [3.63, 3.8) is 0 Å². The Labute approximate surface area is 209 Å². The minimum absolute atomic E-state index is 0.0858. The predicted molar refractivity (Wildman–Crippen MR) is 142 cm³/mol. The minimum atomic E-state index is -0.178. The molecule has 35 heavy (non-hydrogen) atoms. The van der Waals surface area contributed by atoms with Crippen LogP contribution in [0.25, 0.3) is 11.3 Å². The highest BCUT2D eigenvalue weighted by Gasteiger charge is 2.23. The van der Waals surface area contributed by atoms with Gasteiger partial charge in [0.25, 0.3) is 0 Å². The van der Waals surface area contributed by atoms with Gasteiger partial charge in [0.15, 0.2) is 0 Å². The topological polar surface area (TPSA) is 41.4 Å². The van der Waals surface area contributed by atoms with Gasteiger partial charge in [0.05, 0.1) is 5.69 Å². The second-order valence-corrected chi connectivity index (χ2v) is 9.23. The number of benzene rings is 1. The number of aryl methyl sites for hydroxylation is 3. The lowest BCUT2D eigenvalue weighted by molar-refractivity contribution is -0.133. The van der Waals surface area contributed by atoms with Crippen LogP contribution in [0, 0.1) is 19.7 Å². The highest BCUT2D eigenvalue weighted by molar-refractivity contribution is 5.76. The highest BCUT2D eigenvalue weighted by Crippen LogP contribution is 2.25. The summed E-state index contributed by atoms with van der Waals surface area (Å²) in [4.78, 5) is 17.5. The molecule has 1 aliphatic heterocycles. The molecule has 0 aliphatic carbocycles. The fraction of sp³-hybridized carbons (Fsp3) is 0.448. The molecule has 2 aromatic rings. The average molecular weight is 479 g/mol. The monoisotopic (exact) mass is 478 g/mol. The Morgan fingerprint density at radius 2 is 1.66 bits per heavy atom. The van der Waals surface area contributed by atoms with Gasteiger partial charge in [0.2, 0.25) is 5.91 Å². The SMILES string of the molecule is C/C=C\C=C/C(=C(C)CC)N1CCN(C(=O)Cn2nc(-c3cc(C)c(F)c(C)c3)cc2CC)CC1. The molecule has 0 saturated carbocycles. The molecule has 2 heterocycles. The Bertz CT molecular complexity index is 1110. The molecule has 0 spiro atoms. The van der Waals surface area contributed by atoms with E-state index in [1.165, 1.54) is 11.3 Å². The van der Waals surface area contributed by atoms with Gasteiger partial charge in [-0.1, -0.05) is 37.6 Å². The van der Waals surface area contributed by atoms with Gasteiger partial charge in [-0.3, -0.25) is 9.48 Å². The molecule has 6 heteroatoms. The van der Waals surface area contributed by atoms with E-state index in [4.69, 9.17) is 5.10 Å². The number of hydrogen-bond acceptors (Lipinski definition) is 3. The van der Waals surface area contributed by atoms with Crippen LogP contribution in [-0.2, 0) is 17.8 Å². The number of carbonyl (C=O) groups excluding carboxylic acids is 1. The highest BCUT2D eigenvalue weighted by atomic mass is 19.1. The van der Waals surface area contributed by atoms with E-state index in [0.717, 1.165) is 42.9 Å². The Morgan fingerprint density at radius 1 is 1.03 bits per heavy atom. The molecule has 1 amide bonds. The molecular formula is C29H39FN4O. The molecule has 0 atom stereocenters. The molecule has 1 aliphatic rings. The number of aromatic nitrogens is 2. The summed E-state index contributed by atoms with van der Waals surface area (Å²) >= 11 is 0. The maximum atomic E-state index is 14.1. The second kappa shape index (κ2) is 12.0. The molecule has 3 rings (SSSR count). The number of nitrogens with zero attached hydrogens (tertiary/aromatic N) is 4. The van der Waals surface area contributed by atoms with Crippen molar-refractivity contribution in [1.29, 1.82) is 0 Å². The van der Waals surface area contributed by atoms with Crippen molar-refractivity contribution < 1.29 is 9.18 Å². The van der Waals surface area contributed by atoms with Crippen molar-refractivity contribution >= 4 is 5.91 Å². The van der Waals surface area contributed by atoms with E-state index in [0.29, 0.717) is 24.2 Å². The first kappa shape index (κ1) is 26.5. The van der Waals surface area contributed by atoms with Gasteiger partial charge in [-0.15, -0.1) is 0 Å². The van der Waals surface area contributed by atoms with E-state index in [9.17, 15) is 9.18 Å². The number of rotatable bonds is 8. The molecule has 0 radical (unpaired) electrons. The van der Waals surface area contributed by atoms with Gasteiger partial charge >= 0.3 is 0 Å². The normalized spacial score (nSPS) is 15.4. The first-order chi connectivity index (χ1) is 16.8. The van der Waals surface area contributed by atoms with Crippen LogP contribution in [-0.4, -0.2) is 51.7 Å². The van der Waals surface area contributed by atoms with Crippen LogP contribution in [0.4, 0.5) is 4.39 Å². The Hall–Kier alpha value is -3.15. The lowest BCUT2D eigenvalue weighted by Crippen LogP contribution is -2.49. The number of allylic oxidation sites excluding steroid dienone is 5. The quantitative estimate of drug-likeness (QED) is 0.448. The van der Waals surface area contributed by atoms with Crippen LogP contribution in [0.15, 0.2) is 53.8 Å². The summed E-state index contributed by atoms with van der Waals surface area (Å²) in [6.45, 7) is 15.2. The van der Waals surface area contributed by atoms with Crippen molar-refractivity contribution in [2.24, 2.45) is 0 Å². The van der Waals surface area contributed by atoms with E-state index in [2.05, 4.69) is 37.8 Å². The van der Waals surface area contributed by atoms with Gasteiger partial charge < -0.3 is 9.80 Å². The standard InChI is InChI=1S/C29H39FN4O/c1-7-10-11-12-27(21(4)8-2)32-13-15-33(16-14-32)28(35)20-34-25(9-3)19-26(31-34)24-17-22(5)29(30)23(6)18-24/h7,10-12,17-19H,8-9,13-16,20H2,1-6H3/b10-7-,12-11-,27-21?. The molecule has 1 aromatic heterocycles. The van der Waals surface area contributed by atoms with Crippen LogP contribution in [0.1, 0.15) is 50.9 Å². The van der Waals surface area contributed by atoms with Crippen molar-refractivity contribution in [3.05, 3.63) is 76.4 Å². The number of halogens is 1. The summed E-state index contributed by atoms with van der Waals surface area (Å²) < 4.78 is 15.9. The summed E-state index contributed by atoms with van der Waals surface area (Å²) in [5, 5.41) is 4.73. The molecule has 0 N–H and O–H groups in total. The summed E-state index contributed by atoms with van der Waals surface area (Å²) in [5.74, 6) is -0.0923. The Kier molecular flexibility index (Phi) is 9.07. The fourth-order valence-corrected chi connectivity index (χ4v) is 4.49. The van der Waals surface area contributed by atoms with Gasteiger partial charge in [-0.25, -0.2) is 4.39 Å². The zero-order chi connectivity index (χ0) is 25.5. The second-order valence-electron chi connectivity index (χ2n) is 9.23. The molecule has 0 unspecified atom stereocenters. The van der Waals surface area contributed by atoms with Crippen LogP contribution < -0.4 is 0 Å². The van der Waals surface area contributed by atoms with Crippen molar-refractivity contribution in [3.8, 4) is 11.3 Å². The van der Waals surface area contributed by atoms with Crippen molar-refractivity contribution in [2.45, 2.75) is 60.9 Å². The molecule has 5 nitrogen and oxygen atoms in total. The van der Waals surface area contributed by atoms with Crippen LogP contribution in [0.5, 0.6) is 0 Å². The maximum Gasteiger partial charge on any atom is 0.244 e. The summed E-state index contributed by atoms with van der Waals surface area (Å²) in [7, 11) is 0. The van der Waals surface area contributed by atoms with Crippen molar-refractivity contribution in [1.82, 2.24) is 19.6 Å². The number of piperazine rings is 1. The van der Waals surface area contributed by atoms with E-state index in [1.807, 2.05) is 46.9 Å². The predicted octanol–water partition coefficient (Wildman–Crippen LogP) is 5.83. The molecule has 1 fully saturated rings. The van der Waals surface area contributed by atoms with Crippen molar-refractivity contribution in [2.75, 3.05) is 26.2 Å².